The van der Waals surface area contributed by atoms with E-state index in [0.717, 1.165) is 17.7 Å². The van der Waals surface area contributed by atoms with Crippen LogP contribution >= 0.6 is 11.3 Å². The van der Waals surface area contributed by atoms with Gasteiger partial charge in [-0.2, -0.15) is 0 Å². The Balaban J connectivity index is 1.99. The fourth-order valence-corrected chi connectivity index (χ4v) is 3.01. The Morgan fingerprint density at radius 3 is 2.75 bits per heavy atom. The number of aryl methyl sites for hydroxylation is 1. The van der Waals surface area contributed by atoms with Crippen LogP contribution in [0.3, 0.4) is 0 Å². The second-order valence-electron chi connectivity index (χ2n) is 4.94. The van der Waals surface area contributed by atoms with Gasteiger partial charge in [-0.25, -0.2) is 0 Å². The lowest BCUT2D eigenvalue weighted by Gasteiger charge is -2.14. The molecule has 0 saturated heterocycles. The van der Waals surface area contributed by atoms with Gasteiger partial charge in [0.15, 0.2) is 0 Å². The molecule has 0 bridgehead atoms. The lowest BCUT2D eigenvalue weighted by molar-refractivity contribution is 0.0940. The second kappa shape index (κ2) is 6.57. The van der Waals surface area contributed by atoms with Crippen molar-refractivity contribution >= 4 is 22.9 Å². The monoisotopic (exact) mass is 288 g/mol. The first-order valence-electron chi connectivity index (χ1n) is 6.72. The molecule has 0 saturated carbocycles. The Hall–Kier alpha value is -1.81. The highest BCUT2D eigenvalue weighted by atomic mass is 32.1. The fourth-order valence-electron chi connectivity index (χ4n) is 2.17. The van der Waals surface area contributed by atoms with Gasteiger partial charge in [-0.3, -0.25) is 4.79 Å². The molecular weight excluding hydrogens is 268 g/mol. The van der Waals surface area contributed by atoms with Crippen LogP contribution < -0.4 is 10.6 Å². The number of hydrogen-bond donors (Lipinski definition) is 2. The molecular formula is C16H20N2OS. The van der Waals surface area contributed by atoms with Gasteiger partial charge >= 0.3 is 0 Å². The average molecular weight is 288 g/mol. The molecule has 0 aliphatic carbocycles. The standard InChI is InChI=1S/C16H20N2OS/c1-11-9-13(6-7-15(11)17-3)16(19)18-12(2)10-14-5-4-8-20-14/h4-9,12,17H,10H2,1-3H3,(H,18,19). The normalized spacial score (nSPS) is 11.9. The van der Waals surface area contributed by atoms with Gasteiger partial charge in [-0.1, -0.05) is 6.07 Å². The van der Waals surface area contributed by atoms with Crippen molar-refractivity contribution < 1.29 is 4.79 Å². The third-order valence-corrected chi connectivity index (χ3v) is 4.12. The molecule has 4 heteroatoms. The average Bonchev–Trinajstić information content (AvgIpc) is 2.91. The number of amides is 1. The number of thiophene rings is 1. The maximum Gasteiger partial charge on any atom is 0.251 e. The number of nitrogens with one attached hydrogen (secondary N) is 2. The molecule has 1 aromatic carbocycles. The van der Waals surface area contributed by atoms with E-state index in [1.54, 1.807) is 11.3 Å². The molecule has 0 fully saturated rings. The maximum absolute atomic E-state index is 12.2. The van der Waals surface area contributed by atoms with E-state index in [1.807, 2.05) is 45.2 Å². The summed E-state index contributed by atoms with van der Waals surface area (Å²) < 4.78 is 0. The summed E-state index contributed by atoms with van der Waals surface area (Å²) in [4.78, 5) is 13.5. The molecule has 2 N–H and O–H groups in total. The third-order valence-electron chi connectivity index (χ3n) is 3.22. The maximum atomic E-state index is 12.2. The van der Waals surface area contributed by atoms with Crippen molar-refractivity contribution in [3.8, 4) is 0 Å². The van der Waals surface area contributed by atoms with Gasteiger partial charge in [0.25, 0.3) is 5.91 Å². The fraction of sp³-hybridized carbons (Fsp3) is 0.312. The van der Waals surface area contributed by atoms with Gasteiger partial charge in [0.1, 0.15) is 0 Å². The lowest BCUT2D eigenvalue weighted by atomic mass is 10.1. The number of anilines is 1. The lowest BCUT2D eigenvalue weighted by Crippen LogP contribution is -2.33. The van der Waals surface area contributed by atoms with Gasteiger partial charge in [0.2, 0.25) is 0 Å². The summed E-state index contributed by atoms with van der Waals surface area (Å²) >= 11 is 1.72. The molecule has 0 aliphatic rings. The van der Waals surface area contributed by atoms with E-state index in [2.05, 4.69) is 22.1 Å². The highest BCUT2D eigenvalue weighted by Crippen LogP contribution is 2.16. The number of benzene rings is 1. The van der Waals surface area contributed by atoms with E-state index in [0.29, 0.717) is 5.56 Å². The van der Waals surface area contributed by atoms with Crippen LogP contribution in [0.25, 0.3) is 0 Å². The summed E-state index contributed by atoms with van der Waals surface area (Å²) in [5.41, 5.74) is 2.83. The molecule has 1 atom stereocenters. The first-order valence-corrected chi connectivity index (χ1v) is 7.59. The van der Waals surface area contributed by atoms with Crippen LogP contribution in [-0.2, 0) is 6.42 Å². The van der Waals surface area contributed by atoms with Crippen LogP contribution in [0.15, 0.2) is 35.7 Å². The van der Waals surface area contributed by atoms with Crippen molar-refractivity contribution in [1.29, 1.82) is 0 Å². The Kier molecular flexibility index (Phi) is 4.79. The summed E-state index contributed by atoms with van der Waals surface area (Å²) in [6.45, 7) is 4.03. The van der Waals surface area contributed by atoms with Crippen LogP contribution in [0.5, 0.6) is 0 Å². The van der Waals surface area contributed by atoms with E-state index >= 15 is 0 Å². The van der Waals surface area contributed by atoms with Crippen LogP contribution in [0.1, 0.15) is 27.7 Å². The van der Waals surface area contributed by atoms with Crippen molar-refractivity contribution in [2.45, 2.75) is 26.3 Å². The van der Waals surface area contributed by atoms with Gasteiger partial charge in [0.05, 0.1) is 0 Å². The molecule has 0 spiro atoms. The molecule has 3 nitrogen and oxygen atoms in total. The first kappa shape index (κ1) is 14.6. The SMILES string of the molecule is CNc1ccc(C(=O)NC(C)Cc2cccs2)cc1C. The van der Waals surface area contributed by atoms with Gasteiger partial charge in [-0.05, 0) is 49.1 Å². The molecule has 1 unspecified atom stereocenters. The molecule has 1 heterocycles. The number of rotatable bonds is 5. The topological polar surface area (TPSA) is 41.1 Å². The molecule has 0 radical (unpaired) electrons. The predicted molar refractivity (Wildman–Crippen MR) is 85.7 cm³/mol. The smallest absolute Gasteiger partial charge is 0.251 e. The first-order chi connectivity index (χ1) is 9.60. The quantitative estimate of drug-likeness (QED) is 0.884. The second-order valence-corrected chi connectivity index (χ2v) is 5.97. The Bertz CT molecular complexity index is 578. The Morgan fingerprint density at radius 1 is 1.35 bits per heavy atom. The zero-order valence-corrected chi connectivity index (χ0v) is 12.9. The Morgan fingerprint density at radius 2 is 2.15 bits per heavy atom. The van der Waals surface area contributed by atoms with E-state index in [1.165, 1.54) is 4.88 Å². The summed E-state index contributed by atoms with van der Waals surface area (Å²) in [6, 6.07) is 9.97. The van der Waals surface area contributed by atoms with Gasteiger partial charge < -0.3 is 10.6 Å². The van der Waals surface area contributed by atoms with Crippen LogP contribution in [0.2, 0.25) is 0 Å². The van der Waals surface area contributed by atoms with E-state index in [-0.39, 0.29) is 11.9 Å². The number of carbonyl (C=O) groups is 1. The predicted octanol–water partition coefficient (Wildman–Crippen LogP) is 3.46. The zero-order chi connectivity index (χ0) is 14.5. The van der Waals surface area contributed by atoms with E-state index in [4.69, 9.17) is 0 Å². The molecule has 2 aromatic rings. The molecule has 1 aromatic heterocycles. The van der Waals surface area contributed by atoms with Crippen LogP contribution in [0, 0.1) is 6.92 Å². The van der Waals surface area contributed by atoms with Crippen LogP contribution in [-0.4, -0.2) is 19.0 Å². The van der Waals surface area contributed by atoms with Gasteiger partial charge in [-0.15, -0.1) is 11.3 Å². The minimum atomic E-state index is -0.0141. The van der Waals surface area contributed by atoms with Crippen molar-refractivity contribution in [2.24, 2.45) is 0 Å². The van der Waals surface area contributed by atoms with E-state index < -0.39 is 0 Å². The molecule has 2 rings (SSSR count). The van der Waals surface area contributed by atoms with Crippen molar-refractivity contribution in [2.75, 3.05) is 12.4 Å². The molecule has 1 amide bonds. The minimum Gasteiger partial charge on any atom is -0.388 e. The summed E-state index contributed by atoms with van der Waals surface area (Å²) in [5.74, 6) is -0.0141. The molecule has 0 aliphatic heterocycles. The molecule has 106 valence electrons. The number of hydrogen-bond acceptors (Lipinski definition) is 3. The summed E-state index contributed by atoms with van der Waals surface area (Å²) in [7, 11) is 1.88. The number of carbonyl (C=O) groups excluding carboxylic acids is 1. The minimum absolute atomic E-state index is 0.0141. The molecule has 20 heavy (non-hydrogen) atoms. The van der Waals surface area contributed by atoms with Crippen molar-refractivity contribution in [3.63, 3.8) is 0 Å². The van der Waals surface area contributed by atoms with Gasteiger partial charge in [0, 0.05) is 35.6 Å². The van der Waals surface area contributed by atoms with Crippen molar-refractivity contribution in [3.05, 3.63) is 51.7 Å². The van der Waals surface area contributed by atoms with Crippen molar-refractivity contribution in [1.82, 2.24) is 5.32 Å². The highest BCUT2D eigenvalue weighted by Gasteiger charge is 2.11. The van der Waals surface area contributed by atoms with E-state index in [9.17, 15) is 4.79 Å². The summed E-state index contributed by atoms with van der Waals surface area (Å²) in [5, 5.41) is 8.21. The zero-order valence-electron chi connectivity index (χ0n) is 12.1. The third kappa shape index (κ3) is 3.61. The largest absolute Gasteiger partial charge is 0.388 e. The van der Waals surface area contributed by atoms with Crippen LogP contribution in [0.4, 0.5) is 5.69 Å². The highest BCUT2D eigenvalue weighted by molar-refractivity contribution is 7.09. The summed E-state index contributed by atoms with van der Waals surface area (Å²) in [6.07, 6.45) is 0.872. The Labute approximate surface area is 124 Å².